The molecule has 0 fully saturated rings. The molecule has 0 aliphatic carbocycles. The molecule has 0 amide bonds. The van der Waals surface area contributed by atoms with Crippen molar-refractivity contribution in [1.82, 2.24) is 14.7 Å². The molecule has 0 aromatic carbocycles. The van der Waals surface area contributed by atoms with E-state index >= 15 is 0 Å². The van der Waals surface area contributed by atoms with E-state index in [-0.39, 0.29) is 0 Å². The van der Waals surface area contributed by atoms with E-state index in [9.17, 15) is 0 Å². The van der Waals surface area contributed by atoms with Gasteiger partial charge in [-0.3, -0.25) is 0 Å². The Hall–Kier alpha value is 0.0569. The van der Waals surface area contributed by atoms with E-state index in [4.69, 9.17) is 4.43 Å². The maximum absolute atomic E-state index is 6.14. The van der Waals surface area contributed by atoms with Gasteiger partial charge in [0.25, 0.3) is 0 Å². The normalized spacial score (nSPS) is 13.2. The summed E-state index contributed by atoms with van der Waals surface area (Å²) in [6.45, 7) is 17.2. The van der Waals surface area contributed by atoms with E-state index in [0.717, 1.165) is 6.61 Å². The predicted molar refractivity (Wildman–Crippen MR) is 120 cm³/mol. The van der Waals surface area contributed by atoms with Gasteiger partial charge in [-0.2, -0.15) is 0 Å². The lowest BCUT2D eigenvalue weighted by molar-refractivity contribution is 0.0911. The van der Waals surface area contributed by atoms with Gasteiger partial charge in [0.15, 0.2) is 9.76 Å². The molecule has 0 aromatic heterocycles. The molecule has 0 heterocycles. The third-order valence-electron chi connectivity index (χ3n) is 5.05. The number of hydrogen-bond donors (Lipinski definition) is 0. The average molecular weight is 388 g/mol. The molecule has 0 radical (unpaired) electrons. The molecule has 0 spiro atoms. The first kappa shape index (κ1) is 26.1. The Morgan fingerprint density at radius 3 is 1.46 bits per heavy atom. The highest BCUT2D eigenvalue weighted by atomic mass is 28.2. The Morgan fingerprint density at radius 2 is 1.12 bits per heavy atom. The molecule has 0 atom stereocenters. The third kappa shape index (κ3) is 12.4. The summed E-state index contributed by atoms with van der Waals surface area (Å²) in [7, 11) is 6.45. The molecule has 0 unspecified atom stereocenters. The molecule has 0 bridgehead atoms. The molecule has 0 N–H and O–H groups in total. The van der Waals surface area contributed by atoms with E-state index < -0.39 is 9.76 Å². The van der Waals surface area contributed by atoms with Crippen LogP contribution in [0.1, 0.15) is 59.8 Å². The lowest BCUT2D eigenvalue weighted by atomic mass is 9.87. The molecule has 0 saturated carbocycles. The maximum atomic E-state index is 6.14. The molecule has 0 aromatic rings. The van der Waals surface area contributed by atoms with Crippen molar-refractivity contribution >= 4 is 9.76 Å². The zero-order valence-electron chi connectivity index (χ0n) is 19.1. The molecular formula is C21H49N3OSi. The summed E-state index contributed by atoms with van der Waals surface area (Å²) in [6.07, 6.45) is 6.13. The summed E-state index contributed by atoms with van der Waals surface area (Å²) in [6, 6.07) is 1.28. The van der Waals surface area contributed by atoms with Gasteiger partial charge in [0.05, 0.1) is 0 Å². The molecule has 0 saturated heterocycles. The quantitative estimate of drug-likeness (QED) is 0.265. The highest BCUT2D eigenvalue weighted by molar-refractivity contribution is 6.27. The second-order valence-electron chi connectivity index (χ2n) is 8.43. The molecule has 0 rings (SSSR count). The number of unbranched alkanes of at least 4 members (excludes halogenated alkanes) is 1. The minimum absolute atomic E-state index is 0.330. The fourth-order valence-corrected chi connectivity index (χ4v) is 5.58. The van der Waals surface area contributed by atoms with E-state index in [1.54, 1.807) is 0 Å². The van der Waals surface area contributed by atoms with Crippen molar-refractivity contribution in [1.29, 1.82) is 0 Å². The second-order valence-corrected chi connectivity index (χ2v) is 9.75. The summed E-state index contributed by atoms with van der Waals surface area (Å²) in [4.78, 5) is 7.67. The third-order valence-corrected chi connectivity index (χ3v) is 6.89. The smallest absolute Gasteiger partial charge is 0.162 e. The molecule has 0 aliphatic rings. The van der Waals surface area contributed by atoms with Gasteiger partial charge in [-0.05, 0) is 72.5 Å². The fourth-order valence-electron chi connectivity index (χ4n) is 4.12. The Bertz CT molecular complexity index is 282. The fraction of sp³-hybridized carbons (Fsp3) is 1.00. The van der Waals surface area contributed by atoms with Crippen molar-refractivity contribution < 1.29 is 4.43 Å². The van der Waals surface area contributed by atoms with Crippen LogP contribution in [0.25, 0.3) is 0 Å². The Morgan fingerprint density at radius 1 is 0.692 bits per heavy atom. The summed E-state index contributed by atoms with van der Waals surface area (Å²) in [5, 5.41) is 0. The van der Waals surface area contributed by atoms with Gasteiger partial charge < -0.3 is 19.1 Å². The average Bonchev–Trinajstić information content (AvgIpc) is 2.55. The highest BCUT2D eigenvalue weighted by Crippen LogP contribution is 2.27. The highest BCUT2D eigenvalue weighted by Gasteiger charge is 2.34. The van der Waals surface area contributed by atoms with Crippen molar-refractivity contribution in [2.24, 2.45) is 5.41 Å². The molecular weight excluding hydrogens is 338 g/mol. The summed E-state index contributed by atoms with van der Waals surface area (Å²) < 4.78 is 6.14. The lowest BCUT2D eigenvalue weighted by Gasteiger charge is -2.42. The first-order chi connectivity index (χ1) is 12.4. The van der Waals surface area contributed by atoms with Crippen molar-refractivity contribution in [3.63, 3.8) is 0 Å². The molecule has 0 aliphatic heterocycles. The number of nitrogens with zero attached hydrogens (tertiary/aromatic N) is 3. The van der Waals surface area contributed by atoms with Gasteiger partial charge in [0, 0.05) is 31.7 Å². The SMILES string of the molecule is CCCCO[SiH2]CC(CN(C)CCC)(CN(C)CCC)CN(C)CCC. The first-order valence-corrected chi connectivity index (χ1v) is 12.6. The van der Waals surface area contributed by atoms with Gasteiger partial charge in [0.1, 0.15) is 0 Å². The summed E-state index contributed by atoms with van der Waals surface area (Å²) >= 11 is 0. The van der Waals surface area contributed by atoms with Crippen LogP contribution in [0.5, 0.6) is 0 Å². The number of rotatable bonds is 18. The van der Waals surface area contributed by atoms with Crippen LogP contribution in [0.15, 0.2) is 0 Å². The van der Waals surface area contributed by atoms with Gasteiger partial charge >= 0.3 is 0 Å². The van der Waals surface area contributed by atoms with Crippen molar-refractivity contribution in [3.05, 3.63) is 0 Å². The van der Waals surface area contributed by atoms with Crippen LogP contribution < -0.4 is 0 Å². The zero-order valence-corrected chi connectivity index (χ0v) is 20.6. The van der Waals surface area contributed by atoms with Crippen molar-refractivity contribution in [2.45, 2.75) is 65.8 Å². The Kier molecular flexibility index (Phi) is 16.1. The first-order valence-electron chi connectivity index (χ1n) is 11.1. The van der Waals surface area contributed by atoms with Gasteiger partial charge in [-0.25, -0.2) is 0 Å². The van der Waals surface area contributed by atoms with Crippen LogP contribution in [-0.4, -0.2) is 91.5 Å². The van der Waals surface area contributed by atoms with Gasteiger partial charge in [-0.15, -0.1) is 0 Å². The Balaban J connectivity index is 5.15. The van der Waals surface area contributed by atoms with Crippen molar-refractivity contribution in [2.75, 3.05) is 67.0 Å². The largest absolute Gasteiger partial charge is 0.424 e. The summed E-state index contributed by atoms with van der Waals surface area (Å²) in [5.41, 5.74) is 0.330. The zero-order chi connectivity index (χ0) is 19.8. The van der Waals surface area contributed by atoms with Gasteiger partial charge in [-0.1, -0.05) is 34.1 Å². The molecule has 4 nitrogen and oxygen atoms in total. The second kappa shape index (κ2) is 16.1. The Labute approximate surface area is 167 Å². The summed E-state index contributed by atoms with van der Waals surface area (Å²) in [5.74, 6) is 0. The topological polar surface area (TPSA) is 19.0 Å². The van der Waals surface area contributed by atoms with Crippen LogP contribution in [0.4, 0.5) is 0 Å². The minimum Gasteiger partial charge on any atom is -0.424 e. The standard InChI is InChI=1S/C21H49N3OSi/c1-8-12-16-25-26-20-21(17-22(5)13-9-2,18-23(6)14-10-3)19-24(7)15-11-4/h8-20,26H2,1-7H3. The predicted octanol–water partition coefficient (Wildman–Crippen LogP) is 3.32. The van der Waals surface area contributed by atoms with Crippen molar-refractivity contribution in [3.8, 4) is 0 Å². The van der Waals surface area contributed by atoms with Crippen LogP contribution in [0, 0.1) is 5.41 Å². The molecule has 5 heteroatoms. The van der Waals surface area contributed by atoms with Crippen LogP contribution in [-0.2, 0) is 4.43 Å². The van der Waals surface area contributed by atoms with Crippen LogP contribution in [0.3, 0.4) is 0 Å². The minimum atomic E-state index is -0.464. The van der Waals surface area contributed by atoms with Crippen LogP contribution >= 0.6 is 0 Å². The maximum Gasteiger partial charge on any atom is 0.162 e. The molecule has 26 heavy (non-hydrogen) atoms. The number of hydrogen-bond acceptors (Lipinski definition) is 4. The van der Waals surface area contributed by atoms with E-state index in [1.807, 2.05) is 0 Å². The van der Waals surface area contributed by atoms with Crippen LogP contribution in [0.2, 0.25) is 6.04 Å². The van der Waals surface area contributed by atoms with E-state index in [2.05, 4.69) is 63.5 Å². The lowest BCUT2D eigenvalue weighted by Crippen LogP contribution is -2.50. The molecule has 158 valence electrons. The van der Waals surface area contributed by atoms with E-state index in [0.29, 0.717) is 5.41 Å². The van der Waals surface area contributed by atoms with E-state index in [1.165, 1.54) is 77.4 Å². The monoisotopic (exact) mass is 387 g/mol. The van der Waals surface area contributed by atoms with Gasteiger partial charge in [0.2, 0.25) is 0 Å².